The van der Waals surface area contributed by atoms with Gasteiger partial charge < -0.3 is 5.32 Å². The Labute approximate surface area is 177 Å². The van der Waals surface area contributed by atoms with Crippen LogP contribution in [0.25, 0.3) is 0 Å². The zero-order valence-corrected chi connectivity index (χ0v) is 17.9. The van der Waals surface area contributed by atoms with Crippen LogP contribution in [-0.4, -0.2) is 32.7 Å². The van der Waals surface area contributed by atoms with Crippen molar-refractivity contribution in [2.24, 2.45) is 4.99 Å². The molecule has 0 aromatic heterocycles. The fourth-order valence-electron chi connectivity index (χ4n) is 3.92. The number of carbonyl (C=O) groups is 1. The average molecular weight is 426 g/mol. The zero-order valence-electron chi connectivity index (χ0n) is 17.1. The largest absolute Gasteiger partial charge is 0.353 e. The topological polar surface area (TPSA) is 87.6 Å². The lowest BCUT2D eigenvalue weighted by atomic mass is 9.96. The summed E-state index contributed by atoms with van der Waals surface area (Å²) in [6.07, 6.45) is 4.46. The molecular formula is C23H27N3O3S. The predicted octanol–water partition coefficient (Wildman–Crippen LogP) is 3.13. The fourth-order valence-corrected chi connectivity index (χ4v) is 5.16. The first kappa shape index (κ1) is 20.6. The molecule has 2 N–H and O–H groups in total. The number of benzene rings is 2. The van der Waals surface area contributed by atoms with Crippen molar-refractivity contribution in [3.8, 4) is 0 Å². The molecule has 7 heteroatoms. The van der Waals surface area contributed by atoms with Crippen molar-refractivity contribution >= 4 is 21.8 Å². The van der Waals surface area contributed by atoms with E-state index in [4.69, 9.17) is 0 Å². The van der Waals surface area contributed by atoms with Gasteiger partial charge in [0.2, 0.25) is 5.91 Å². The molecule has 1 fully saturated rings. The van der Waals surface area contributed by atoms with E-state index in [9.17, 15) is 13.2 Å². The summed E-state index contributed by atoms with van der Waals surface area (Å²) in [5.41, 5.74) is 1.79. The van der Waals surface area contributed by atoms with Crippen LogP contribution >= 0.6 is 0 Å². The molecule has 1 saturated carbocycles. The van der Waals surface area contributed by atoms with Crippen LogP contribution in [0.4, 0.5) is 0 Å². The van der Waals surface area contributed by atoms with Gasteiger partial charge in [-0.3, -0.25) is 14.5 Å². The van der Waals surface area contributed by atoms with E-state index < -0.39 is 16.1 Å². The summed E-state index contributed by atoms with van der Waals surface area (Å²) in [6, 6.07) is 16.4. The Morgan fingerprint density at radius 1 is 1.13 bits per heavy atom. The smallest absolute Gasteiger partial charge is 0.263 e. The lowest BCUT2D eigenvalue weighted by Gasteiger charge is -2.19. The maximum Gasteiger partial charge on any atom is 0.263 e. The number of unbranched alkanes of at least 4 members (excludes halogenated alkanes) is 1. The fraction of sp³-hybridized carbons (Fsp3) is 0.391. The predicted molar refractivity (Wildman–Crippen MR) is 117 cm³/mol. The molecule has 1 aliphatic heterocycles. The highest BCUT2D eigenvalue weighted by Gasteiger charge is 2.44. The summed E-state index contributed by atoms with van der Waals surface area (Å²) >= 11 is 0. The van der Waals surface area contributed by atoms with E-state index in [-0.39, 0.29) is 22.1 Å². The van der Waals surface area contributed by atoms with Gasteiger partial charge in [0.05, 0.1) is 4.90 Å². The van der Waals surface area contributed by atoms with Gasteiger partial charge in [-0.2, -0.15) is 0 Å². The lowest BCUT2D eigenvalue weighted by Crippen LogP contribution is -2.39. The van der Waals surface area contributed by atoms with E-state index in [1.165, 1.54) is 5.56 Å². The molecule has 0 radical (unpaired) electrons. The molecule has 0 spiro atoms. The Bertz CT molecular complexity index is 1060. The minimum absolute atomic E-state index is 0.0148. The van der Waals surface area contributed by atoms with E-state index in [2.05, 4.69) is 34.1 Å². The second-order valence-corrected chi connectivity index (χ2v) is 9.75. The number of aliphatic imine (C=N–C) groups is 1. The minimum atomic E-state index is -3.62. The van der Waals surface area contributed by atoms with Crippen molar-refractivity contribution in [3.05, 3.63) is 65.7 Å². The minimum Gasteiger partial charge on any atom is -0.353 e. The van der Waals surface area contributed by atoms with Crippen molar-refractivity contribution in [1.82, 2.24) is 10.0 Å². The SMILES string of the molecule is CCCC[C@H](N=C1NS(=O)(=O)c2ccccc21)C(=O)NCC1(c2ccccc2)CC1. The van der Waals surface area contributed by atoms with Gasteiger partial charge in [0, 0.05) is 17.5 Å². The van der Waals surface area contributed by atoms with Gasteiger partial charge in [-0.1, -0.05) is 62.2 Å². The second-order valence-electron chi connectivity index (χ2n) is 8.10. The molecule has 4 rings (SSSR count). The van der Waals surface area contributed by atoms with Crippen LogP contribution in [0, 0.1) is 0 Å². The van der Waals surface area contributed by atoms with Crippen LogP contribution in [0.2, 0.25) is 0 Å². The maximum atomic E-state index is 13.0. The monoisotopic (exact) mass is 425 g/mol. The normalized spacial score (nSPS) is 20.2. The molecule has 158 valence electrons. The molecule has 0 saturated heterocycles. The molecule has 2 aromatic carbocycles. The first-order valence-corrected chi connectivity index (χ1v) is 12.0. The van der Waals surface area contributed by atoms with Crippen LogP contribution in [0.1, 0.15) is 50.2 Å². The number of sulfonamides is 1. The van der Waals surface area contributed by atoms with E-state index >= 15 is 0 Å². The van der Waals surface area contributed by atoms with E-state index in [1.807, 2.05) is 18.2 Å². The van der Waals surface area contributed by atoms with Gasteiger partial charge in [0.1, 0.15) is 11.9 Å². The highest BCUT2D eigenvalue weighted by atomic mass is 32.2. The number of hydrogen-bond donors (Lipinski definition) is 2. The van der Waals surface area contributed by atoms with Gasteiger partial charge in [-0.25, -0.2) is 8.42 Å². The molecule has 0 unspecified atom stereocenters. The quantitative estimate of drug-likeness (QED) is 0.681. The van der Waals surface area contributed by atoms with Crippen LogP contribution < -0.4 is 10.0 Å². The summed E-state index contributed by atoms with van der Waals surface area (Å²) in [4.78, 5) is 17.8. The first-order chi connectivity index (χ1) is 14.5. The number of nitrogens with one attached hydrogen (secondary N) is 2. The number of amidine groups is 1. The molecule has 2 aliphatic rings. The number of fused-ring (bicyclic) bond motifs is 1. The molecule has 1 atom stereocenters. The van der Waals surface area contributed by atoms with Crippen LogP contribution in [0.5, 0.6) is 0 Å². The molecule has 6 nitrogen and oxygen atoms in total. The van der Waals surface area contributed by atoms with Crippen molar-refractivity contribution in [2.75, 3.05) is 6.54 Å². The van der Waals surface area contributed by atoms with Gasteiger partial charge >= 0.3 is 0 Å². The second kappa shape index (κ2) is 8.22. The third-order valence-electron chi connectivity index (χ3n) is 5.92. The number of carbonyl (C=O) groups excluding carboxylic acids is 1. The van der Waals surface area contributed by atoms with Crippen molar-refractivity contribution in [2.45, 2.75) is 55.4 Å². The summed E-state index contributed by atoms with van der Waals surface area (Å²) in [5, 5.41) is 3.09. The molecule has 2 aromatic rings. The lowest BCUT2D eigenvalue weighted by molar-refractivity contribution is -0.122. The Morgan fingerprint density at radius 3 is 2.53 bits per heavy atom. The Morgan fingerprint density at radius 2 is 1.83 bits per heavy atom. The van der Waals surface area contributed by atoms with E-state index in [1.54, 1.807) is 24.3 Å². The van der Waals surface area contributed by atoms with Crippen LogP contribution in [0.3, 0.4) is 0 Å². The van der Waals surface area contributed by atoms with Crippen molar-refractivity contribution in [1.29, 1.82) is 0 Å². The van der Waals surface area contributed by atoms with E-state index in [0.717, 1.165) is 25.7 Å². The molecule has 30 heavy (non-hydrogen) atoms. The third kappa shape index (κ3) is 4.12. The summed E-state index contributed by atoms with van der Waals surface area (Å²) in [7, 11) is -3.62. The zero-order chi connectivity index (χ0) is 21.2. The number of hydrogen-bond acceptors (Lipinski definition) is 4. The van der Waals surface area contributed by atoms with Gasteiger partial charge in [0.15, 0.2) is 0 Å². The maximum absolute atomic E-state index is 13.0. The Balaban J connectivity index is 1.52. The highest BCUT2D eigenvalue weighted by molar-refractivity contribution is 7.90. The average Bonchev–Trinajstić information content (AvgIpc) is 3.51. The molecular weight excluding hydrogens is 398 g/mol. The first-order valence-electron chi connectivity index (χ1n) is 10.5. The van der Waals surface area contributed by atoms with Gasteiger partial charge in [-0.15, -0.1) is 0 Å². The number of nitrogens with zero attached hydrogens (tertiary/aromatic N) is 1. The Kier molecular flexibility index (Phi) is 5.64. The van der Waals surface area contributed by atoms with E-state index in [0.29, 0.717) is 18.5 Å². The standard InChI is InChI=1S/C23H27N3O3S/c1-2-3-12-19(25-21-18-11-7-8-13-20(18)30(28,29)26-21)22(27)24-16-23(14-15-23)17-9-5-4-6-10-17/h4-11,13,19H,2-3,12,14-16H2,1H3,(H,24,27)(H,25,26)/t19-/m0/s1. The molecule has 1 heterocycles. The number of amides is 1. The number of rotatable bonds is 8. The molecule has 0 bridgehead atoms. The Hall–Kier alpha value is -2.67. The summed E-state index contributed by atoms with van der Waals surface area (Å²) in [6.45, 7) is 2.63. The summed E-state index contributed by atoms with van der Waals surface area (Å²) < 4.78 is 27.2. The molecule has 1 amide bonds. The van der Waals surface area contributed by atoms with Gasteiger partial charge in [-0.05, 0) is 37.0 Å². The molecule has 1 aliphatic carbocycles. The van der Waals surface area contributed by atoms with Crippen LogP contribution in [0.15, 0.2) is 64.5 Å². The van der Waals surface area contributed by atoms with Gasteiger partial charge in [0.25, 0.3) is 10.0 Å². The third-order valence-corrected chi connectivity index (χ3v) is 7.32. The van der Waals surface area contributed by atoms with Crippen molar-refractivity contribution < 1.29 is 13.2 Å². The van der Waals surface area contributed by atoms with Crippen LogP contribution in [-0.2, 0) is 20.2 Å². The summed E-state index contributed by atoms with van der Waals surface area (Å²) in [5.74, 6) is 0.104. The van der Waals surface area contributed by atoms with Crippen molar-refractivity contribution in [3.63, 3.8) is 0 Å². The highest BCUT2D eigenvalue weighted by Crippen LogP contribution is 2.47.